The molecule has 4 rings (SSSR count). The summed E-state index contributed by atoms with van der Waals surface area (Å²) < 4.78 is 11.4. The number of carbonyl (C=O) groups is 1. The SMILES string of the molecule is Cc1ccc(NC(=O)COc2ccc3oc(-c4ccccc4)cc(=O)c3c2)cc1. The van der Waals surface area contributed by atoms with Gasteiger partial charge in [-0.1, -0.05) is 48.0 Å². The molecule has 1 amide bonds. The first-order valence-corrected chi connectivity index (χ1v) is 9.21. The number of ether oxygens (including phenoxy) is 1. The summed E-state index contributed by atoms with van der Waals surface area (Å²) in [5.74, 6) is 0.658. The lowest BCUT2D eigenvalue weighted by atomic mass is 10.1. The Labute approximate surface area is 167 Å². The van der Waals surface area contributed by atoms with E-state index in [1.54, 1.807) is 18.2 Å². The number of benzene rings is 3. The Bertz CT molecular complexity index is 1210. The zero-order valence-corrected chi connectivity index (χ0v) is 15.8. The summed E-state index contributed by atoms with van der Waals surface area (Å²) in [6, 6.07) is 23.4. The molecule has 0 saturated carbocycles. The molecule has 29 heavy (non-hydrogen) atoms. The monoisotopic (exact) mass is 385 g/mol. The third-order valence-electron chi connectivity index (χ3n) is 4.46. The van der Waals surface area contributed by atoms with Crippen LogP contribution >= 0.6 is 0 Å². The van der Waals surface area contributed by atoms with Crippen LogP contribution in [0, 0.1) is 6.92 Å². The average molecular weight is 385 g/mol. The molecule has 1 N–H and O–H groups in total. The molecular formula is C24H19NO4. The number of nitrogens with one attached hydrogen (secondary N) is 1. The van der Waals surface area contributed by atoms with E-state index in [9.17, 15) is 9.59 Å². The third kappa shape index (κ3) is 4.35. The number of aryl methyl sites for hydroxylation is 1. The molecule has 0 unspecified atom stereocenters. The van der Waals surface area contributed by atoms with Gasteiger partial charge in [0.2, 0.25) is 0 Å². The highest BCUT2D eigenvalue weighted by Gasteiger charge is 2.09. The summed E-state index contributed by atoms with van der Waals surface area (Å²) in [5.41, 5.74) is 2.95. The van der Waals surface area contributed by atoms with E-state index >= 15 is 0 Å². The van der Waals surface area contributed by atoms with Crippen LogP contribution in [-0.4, -0.2) is 12.5 Å². The van der Waals surface area contributed by atoms with Gasteiger partial charge in [-0.15, -0.1) is 0 Å². The van der Waals surface area contributed by atoms with Gasteiger partial charge in [-0.05, 0) is 37.3 Å². The lowest BCUT2D eigenvalue weighted by Gasteiger charge is -2.09. The molecule has 144 valence electrons. The minimum atomic E-state index is -0.277. The fraction of sp³-hybridized carbons (Fsp3) is 0.0833. The molecule has 1 heterocycles. The smallest absolute Gasteiger partial charge is 0.262 e. The van der Waals surface area contributed by atoms with Gasteiger partial charge in [-0.2, -0.15) is 0 Å². The summed E-state index contributed by atoms with van der Waals surface area (Å²) in [6.07, 6.45) is 0. The lowest BCUT2D eigenvalue weighted by Crippen LogP contribution is -2.20. The van der Waals surface area contributed by atoms with Crippen molar-refractivity contribution in [3.05, 3.63) is 94.6 Å². The number of hydrogen-bond donors (Lipinski definition) is 1. The van der Waals surface area contributed by atoms with E-state index < -0.39 is 0 Å². The largest absolute Gasteiger partial charge is 0.484 e. The van der Waals surface area contributed by atoms with Crippen LogP contribution in [0.1, 0.15) is 5.56 Å². The van der Waals surface area contributed by atoms with Crippen molar-refractivity contribution >= 4 is 22.6 Å². The van der Waals surface area contributed by atoms with Crippen LogP contribution in [0.3, 0.4) is 0 Å². The predicted molar refractivity (Wildman–Crippen MR) is 113 cm³/mol. The van der Waals surface area contributed by atoms with E-state index in [0.717, 1.165) is 11.1 Å². The molecule has 0 radical (unpaired) electrons. The van der Waals surface area contributed by atoms with Crippen LogP contribution < -0.4 is 15.5 Å². The van der Waals surface area contributed by atoms with Gasteiger partial charge in [0.25, 0.3) is 5.91 Å². The Balaban J connectivity index is 1.49. The van der Waals surface area contributed by atoms with E-state index in [2.05, 4.69) is 5.32 Å². The van der Waals surface area contributed by atoms with E-state index in [0.29, 0.717) is 28.2 Å². The zero-order valence-electron chi connectivity index (χ0n) is 15.8. The van der Waals surface area contributed by atoms with Crippen molar-refractivity contribution in [1.82, 2.24) is 0 Å². The minimum Gasteiger partial charge on any atom is -0.484 e. The molecule has 0 fully saturated rings. The third-order valence-corrected chi connectivity index (χ3v) is 4.46. The standard InChI is InChI=1S/C24H19NO4/c1-16-7-9-18(10-8-16)25-24(27)15-28-19-11-12-22-20(13-19)21(26)14-23(29-22)17-5-3-2-4-6-17/h2-14H,15H2,1H3,(H,25,27). The first-order valence-electron chi connectivity index (χ1n) is 9.21. The second-order valence-electron chi connectivity index (χ2n) is 6.70. The first-order chi connectivity index (χ1) is 14.1. The van der Waals surface area contributed by atoms with Gasteiger partial charge in [-0.3, -0.25) is 9.59 Å². The second-order valence-corrected chi connectivity index (χ2v) is 6.70. The van der Waals surface area contributed by atoms with Crippen molar-refractivity contribution in [1.29, 1.82) is 0 Å². The quantitative estimate of drug-likeness (QED) is 0.536. The topological polar surface area (TPSA) is 68.5 Å². The zero-order chi connectivity index (χ0) is 20.2. The van der Waals surface area contributed by atoms with Crippen molar-refractivity contribution < 1.29 is 13.9 Å². The summed E-state index contributed by atoms with van der Waals surface area (Å²) in [7, 11) is 0. The number of fused-ring (bicyclic) bond motifs is 1. The van der Waals surface area contributed by atoms with Gasteiger partial charge >= 0.3 is 0 Å². The fourth-order valence-corrected chi connectivity index (χ4v) is 2.95. The van der Waals surface area contributed by atoms with Crippen molar-refractivity contribution in [2.75, 3.05) is 11.9 Å². The van der Waals surface area contributed by atoms with Crippen LogP contribution in [0.4, 0.5) is 5.69 Å². The lowest BCUT2D eigenvalue weighted by molar-refractivity contribution is -0.118. The average Bonchev–Trinajstić information content (AvgIpc) is 2.74. The van der Waals surface area contributed by atoms with Gasteiger partial charge in [0, 0.05) is 17.3 Å². The summed E-state index contributed by atoms with van der Waals surface area (Å²) in [6.45, 7) is 1.82. The van der Waals surface area contributed by atoms with Gasteiger partial charge < -0.3 is 14.5 Å². The Morgan fingerprint density at radius 3 is 2.48 bits per heavy atom. The first kappa shape index (κ1) is 18.5. The highest BCUT2D eigenvalue weighted by atomic mass is 16.5. The molecule has 0 saturated heterocycles. The summed E-state index contributed by atoms with van der Waals surface area (Å²) in [4.78, 5) is 24.6. The Morgan fingerprint density at radius 1 is 0.966 bits per heavy atom. The molecule has 1 aromatic heterocycles. The molecule has 0 spiro atoms. The molecule has 5 heteroatoms. The van der Waals surface area contributed by atoms with E-state index in [-0.39, 0.29) is 17.9 Å². The molecule has 0 aliphatic rings. The predicted octanol–water partition coefficient (Wildman–Crippen LogP) is 4.79. The maximum Gasteiger partial charge on any atom is 0.262 e. The van der Waals surface area contributed by atoms with Crippen LogP contribution in [0.2, 0.25) is 0 Å². The maximum atomic E-state index is 12.5. The number of amides is 1. The van der Waals surface area contributed by atoms with Crippen LogP contribution in [-0.2, 0) is 4.79 Å². The number of hydrogen-bond acceptors (Lipinski definition) is 4. The fourth-order valence-electron chi connectivity index (χ4n) is 2.95. The molecule has 0 atom stereocenters. The van der Waals surface area contributed by atoms with Crippen molar-refractivity contribution in [2.24, 2.45) is 0 Å². The van der Waals surface area contributed by atoms with Gasteiger partial charge in [0.15, 0.2) is 12.0 Å². The van der Waals surface area contributed by atoms with Gasteiger partial charge in [0.1, 0.15) is 17.1 Å². The normalized spacial score (nSPS) is 10.7. The highest BCUT2D eigenvalue weighted by Crippen LogP contribution is 2.24. The van der Waals surface area contributed by atoms with Crippen LogP contribution in [0.25, 0.3) is 22.3 Å². The molecule has 3 aromatic carbocycles. The number of carbonyl (C=O) groups excluding carboxylic acids is 1. The number of rotatable bonds is 5. The van der Waals surface area contributed by atoms with E-state index in [1.165, 1.54) is 6.07 Å². The van der Waals surface area contributed by atoms with Crippen molar-refractivity contribution in [2.45, 2.75) is 6.92 Å². The van der Waals surface area contributed by atoms with E-state index in [4.69, 9.17) is 9.15 Å². The number of anilines is 1. The summed E-state index contributed by atoms with van der Waals surface area (Å²) in [5, 5.41) is 3.17. The molecule has 0 aliphatic carbocycles. The van der Waals surface area contributed by atoms with Crippen molar-refractivity contribution in [3.63, 3.8) is 0 Å². The molecule has 0 aliphatic heterocycles. The van der Waals surface area contributed by atoms with Crippen molar-refractivity contribution in [3.8, 4) is 17.1 Å². The molecule has 5 nitrogen and oxygen atoms in total. The van der Waals surface area contributed by atoms with Gasteiger partial charge in [-0.25, -0.2) is 0 Å². The highest BCUT2D eigenvalue weighted by molar-refractivity contribution is 5.92. The summed E-state index contributed by atoms with van der Waals surface area (Å²) >= 11 is 0. The Kier molecular flexibility index (Phi) is 5.12. The Hall–Kier alpha value is -3.86. The molecule has 0 bridgehead atoms. The molecule has 4 aromatic rings. The molecular weight excluding hydrogens is 366 g/mol. The van der Waals surface area contributed by atoms with Gasteiger partial charge in [0.05, 0.1) is 5.39 Å². The maximum absolute atomic E-state index is 12.5. The minimum absolute atomic E-state index is 0.160. The van der Waals surface area contributed by atoms with Crippen LogP contribution in [0.5, 0.6) is 5.75 Å². The van der Waals surface area contributed by atoms with E-state index in [1.807, 2.05) is 61.5 Å². The second kappa shape index (κ2) is 8.02. The Morgan fingerprint density at radius 2 is 1.72 bits per heavy atom. The van der Waals surface area contributed by atoms with Crippen LogP contribution in [0.15, 0.2) is 88.1 Å².